The van der Waals surface area contributed by atoms with E-state index in [-0.39, 0.29) is 29.1 Å². The summed E-state index contributed by atoms with van der Waals surface area (Å²) < 4.78 is 40.9. The molecule has 4 nitrogen and oxygen atoms in total. The fourth-order valence-electron chi connectivity index (χ4n) is 4.42. The molecule has 178 valence electrons. The minimum absolute atomic E-state index is 0.0326. The van der Waals surface area contributed by atoms with Gasteiger partial charge in [-0.25, -0.2) is 4.68 Å². The van der Waals surface area contributed by atoms with Gasteiger partial charge in [0.1, 0.15) is 0 Å². The number of carbonyl (C=O) groups is 1. The van der Waals surface area contributed by atoms with Crippen molar-refractivity contribution in [2.75, 3.05) is 5.32 Å². The molecule has 1 amide bonds. The highest BCUT2D eigenvalue weighted by molar-refractivity contribution is 5.95. The topological polar surface area (TPSA) is 46.9 Å². The minimum atomic E-state index is -4.48. The molecule has 0 unspecified atom stereocenters. The van der Waals surface area contributed by atoms with Crippen molar-refractivity contribution in [2.45, 2.75) is 63.5 Å². The largest absolute Gasteiger partial charge is 0.435 e. The van der Waals surface area contributed by atoms with Gasteiger partial charge >= 0.3 is 6.18 Å². The van der Waals surface area contributed by atoms with Crippen LogP contribution in [0.2, 0.25) is 0 Å². The number of carbonyl (C=O) groups excluding carboxylic acids is 1. The Balaban J connectivity index is 1.25. The first-order valence-corrected chi connectivity index (χ1v) is 11.7. The molecule has 1 aromatic heterocycles. The first kappa shape index (κ1) is 22.7. The van der Waals surface area contributed by atoms with E-state index in [4.69, 9.17) is 0 Å². The van der Waals surface area contributed by atoms with E-state index < -0.39 is 11.9 Å². The fourth-order valence-corrected chi connectivity index (χ4v) is 4.42. The Labute approximate surface area is 197 Å². The smallest absolute Gasteiger partial charge is 0.326 e. The van der Waals surface area contributed by atoms with Crippen LogP contribution in [0.5, 0.6) is 0 Å². The van der Waals surface area contributed by atoms with Gasteiger partial charge in [-0.3, -0.25) is 4.79 Å². The van der Waals surface area contributed by atoms with Crippen LogP contribution in [0.25, 0.3) is 5.69 Å². The maximum Gasteiger partial charge on any atom is 0.435 e. The molecule has 2 aromatic carbocycles. The average Bonchev–Trinajstić information content (AvgIpc) is 3.70. The van der Waals surface area contributed by atoms with E-state index in [2.05, 4.69) is 55.5 Å². The summed E-state index contributed by atoms with van der Waals surface area (Å²) in [7, 11) is 0. The zero-order valence-electron chi connectivity index (χ0n) is 19.5. The van der Waals surface area contributed by atoms with Gasteiger partial charge in [0.05, 0.1) is 5.69 Å². The summed E-state index contributed by atoms with van der Waals surface area (Å²) in [6.07, 6.45) is -1.91. The second-order valence-corrected chi connectivity index (χ2v) is 10.5. The maximum atomic E-state index is 13.2. The van der Waals surface area contributed by atoms with Crippen molar-refractivity contribution in [3.63, 3.8) is 0 Å². The van der Waals surface area contributed by atoms with Gasteiger partial charge in [-0.2, -0.15) is 18.3 Å². The van der Waals surface area contributed by atoms with Crippen LogP contribution in [0, 0.1) is 5.92 Å². The number of alkyl halides is 3. The number of hydrogen-bond donors (Lipinski definition) is 1. The van der Waals surface area contributed by atoms with Crippen molar-refractivity contribution in [1.29, 1.82) is 0 Å². The normalized spacial score (nSPS) is 20.3. The highest BCUT2D eigenvalue weighted by Crippen LogP contribution is 2.48. The molecule has 0 aliphatic heterocycles. The maximum absolute atomic E-state index is 13.2. The zero-order chi connectivity index (χ0) is 24.3. The van der Waals surface area contributed by atoms with Crippen molar-refractivity contribution in [3.8, 4) is 5.69 Å². The lowest BCUT2D eigenvalue weighted by molar-refractivity contribution is -0.141. The molecule has 5 rings (SSSR count). The van der Waals surface area contributed by atoms with Gasteiger partial charge in [0, 0.05) is 23.2 Å². The quantitative estimate of drug-likeness (QED) is 0.448. The van der Waals surface area contributed by atoms with Gasteiger partial charge in [0.25, 0.3) is 0 Å². The zero-order valence-corrected chi connectivity index (χ0v) is 19.5. The van der Waals surface area contributed by atoms with Crippen LogP contribution in [-0.2, 0) is 16.4 Å². The van der Waals surface area contributed by atoms with E-state index >= 15 is 0 Å². The van der Waals surface area contributed by atoms with E-state index in [9.17, 15) is 18.0 Å². The third-order valence-corrected chi connectivity index (χ3v) is 6.73. The van der Waals surface area contributed by atoms with E-state index in [0.717, 1.165) is 25.3 Å². The molecule has 7 heteroatoms. The molecule has 2 fully saturated rings. The molecule has 1 heterocycles. The van der Waals surface area contributed by atoms with Crippen LogP contribution in [0.3, 0.4) is 0 Å². The van der Waals surface area contributed by atoms with Crippen LogP contribution < -0.4 is 5.32 Å². The molecular weight excluding hydrogens is 439 g/mol. The molecule has 0 bridgehead atoms. The van der Waals surface area contributed by atoms with Crippen molar-refractivity contribution in [1.82, 2.24) is 9.78 Å². The van der Waals surface area contributed by atoms with E-state index in [1.807, 2.05) is 0 Å². The number of halogens is 3. The molecule has 34 heavy (non-hydrogen) atoms. The SMILES string of the molecule is CC(C)(C)c1ccc([C@@H]2C[C@@H]2C(=O)Nc2ccc(-n3nc(C(F)(F)F)cc3C3CC3)cc2)cc1. The molecule has 2 aliphatic rings. The summed E-state index contributed by atoms with van der Waals surface area (Å²) in [6.45, 7) is 6.53. The van der Waals surface area contributed by atoms with Gasteiger partial charge in [0.15, 0.2) is 5.69 Å². The lowest BCUT2D eigenvalue weighted by Gasteiger charge is -2.19. The van der Waals surface area contributed by atoms with Crippen LogP contribution >= 0.6 is 0 Å². The Morgan fingerprint density at radius 2 is 1.65 bits per heavy atom. The second-order valence-electron chi connectivity index (χ2n) is 10.5. The van der Waals surface area contributed by atoms with Crippen LogP contribution in [0.15, 0.2) is 54.6 Å². The van der Waals surface area contributed by atoms with Crippen molar-refractivity contribution in [3.05, 3.63) is 77.1 Å². The molecular formula is C27H28F3N3O. The molecule has 0 spiro atoms. The number of nitrogens with zero attached hydrogens (tertiary/aromatic N) is 2. The molecule has 2 atom stereocenters. The summed E-state index contributed by atoms with van der Waals surface area (Å²) in [5.74, 6) is 0.239. The number of aromatic nitrogens is 2. The number of benzene rings is 2. The minimum Gasteiger partial charge on any atom is -0.326 e. The van der Waals surface area contributed by atoms with Gasteiger partial charge in [-0.15, -0.1) is 0 Å². The first-order chi connectivity index (χ1) is 16.0. The summed E-state index contributed by atoms with van der Waals surface area (Å²) in [6, 6.07) is 16.5. The summed E-state index contributed by atoms with van der Waals surface area (Å²) >= 11 is 0. The monoisotopic (exact) mass is 467 g/mol. The second kappa shape index (κ2) is 8.00. The van der Waals surface area contributed by atoms with Gasteiger partial charge in [-0.05, 0) is 72.1 Å². The lowest BCUT2D eigenvalue weighted by Crippen LogP contribution is -2.15. The van der Waals surface area contributed by atoms with E-state index in [1.54, 1.807) is 24.3 Å². The summed E-state index contributed by atoms with van der Waals surface area (Å²) in [4.78, 5) is 12.8. The number of hydrogen-bond acceptors (Lipinski definition) is 2. The molecule has 3 aromatic rings. The van der Waals surface area contributed by atoms with Crippen LogP contribution in [0.4, 0.5) is 18.9 Å². The van der Waals surface area contributed by atoms with E-state index in [0.29, 0.717) is 17.1 Å². The Hall–Kier alpha value is -3.09. The molecule has 0 radical (unpaired) electrons. The lowest BCUT2D eigenvalue weighted by atomic mass is 9.86. The molecule has 2 aliphatic carbocycles. The average molecular weight is 468 g/mol. The third-order valence-electron chi connectivity index (χ3n) is 6.73. The number of amides is 1. The Kier molecular flexibility index (Phi) is 5.34. The van der Waals surface area contributed by atoms with Gasteiger partial charge in [-0.1, -0.05) is 45.0 Å². The first-order valence-electron chi connectivity index (χ1n) is 11.7. The van der Waals surface area contributed by atoms with Crippen molar-refractivity contribution >= 4 is 11.6 Å². The summed E-state index contributed by atoms with van der Waals surface area (Å²) in [5, 5.41) is 6.76. The van der Waals surface area contributed by atoms with Gasteiger partial charge in [0.2, 0.25) is 5.91 Å². The van der Waals surface area contributed by atoms with Crippen LogP contribution in [0.1, 0.15) is 74.4 Å². The predicted molar refractivity (Wildman–Crippen MR) is 125 cm³/mol. The Morgan fingerprint density at radius 1 is 1.00 bits per heavy atom. The Bertz CT molecular complexity index is 1200. The Morgan fingerprint density at radius 3 is 2.21 bits per heavy atom. The molecule has 2 saturated carbocycles. The predicted octanol–water partition coefficient (Wildman–Crippen LogP) is 6.81. The fraction of sp³-hybridized carbons (Fsp3) is 0.407. The van der Waals surface area contributed by atoms with Crippen LogP contribution in [-0.4, -0.2) is 15.7 Å². The number of rotatable bonds is 5. The van der Waals surface area contributed by atoms with E-state index in [1.165, 1.54) is 15.8 Å². The molecule has 1 N–H and O–H groups in total. The number of nitrogens with one attached hydrogen (secondary N) is 1. The molecule has 0 saturated heterocycles. The van der Waals surface area contributed by atoms with Gasteiger partial charge < -0.3 is 5.32 Å². The summed E-state index contributed by atoms with van der Waals surface area (Å²) in [5.41, 5.74) is 3.42. The third kappa shape index (κ3) is 4.61. The highest BCUT2D eigenvalue weighted by Gasteiger charge is 2.44. The van der Waals surface area contributed by atoms with Crippen molar-refractivity contribution in [2.24, 2.45) is 5.92 Å². The van der Waals surface area contributed by atoms with Crippen molar-refractivity contribution < 1.29 is 18.0 Å². The standard InChI is InChI=1S/C27H28F3N3O/c1-26(2,3)18-8-6-16(7-9-18)21-14-22(21)25(34)31-19-10-12-20(13-11-19)33-23(17-4-5-17)15-24(32-33)27(28,29)30/h6-13,15,17,21-22H,4-5,14H2,1-3H3,(H,31,34)/t21-,22-/m0/s1. The highest BCUT2D eigenvalue weighted by atomic mass is 19.4. The number of anilines is 1.